The first-order valence-corrected chi connectivity index (χ1v) is 3.32. The molecule has 0 aromatic heterocycles. The fraction of sp³-hybridized carbons (Fsp3) is 0.333. The third-order valence-electron chi connectivity index (χ3n) is 1.38. The van der Waals surface area contributed by atoms with E-state index >= 15 is 0 Å². The van der Waals surface area contributed by atoms with Gasteiger partial charge in [-0.25, -0.2) is 0 Å². The van der Waals surface area contributed by atoms with Crippen LogP contribution in [0.2, 0.25) is 0 Å². The molecule has 0 bridgehead atoms. The van der Waals surface area contributed by atoms with Gasteiger partial charge in [0.2, 0.25) is 5.06 Å². The Morgan fingerprint density at radius 3 is 2.64 bits per heavy atom. The van der Waals surface area contributed by atoms with Crippen LogP contribution in [0, 0.1) is 10.1 Å². The molecular weight excluding hydrogens is 170 g/mol. The second-order valence-electron chi connectivity index (χ2n) is 2.20. The molecule has 5 heteroatoms. The summed E-state index contributed by atoms with van der Waals surface area (Å²) in [7, 11) is 0. The molecule has 1 rings (SSSR count). The van der Waals surface area contributed by atoms with Crippen LogP contribution in [-0.2, 0) is 0 Å². The lowest BCUT2D eigenvalue weighted by molar-refractivity contribution is -0.522. The van der Waals surface area contributed by atoms with Crippen molar-refractivity contribution in [1.29, 1.82) is 0 Å². The van der Waals surface area contributed by atoms with E-state index in [9.17, 15) is 15.2 Å². The van der Waals surface area contributed by atoms with Crippen molar-refractivity contribution >= 4 is 11.6 Å². The summed E-state index contributed by atoms with van der Waals surface area (Å²) in [6, 6.07) is -1.26. The largest absolute Gasteiger partial charge is 0.366 e. The Balaban J connectivity index is 2.89. The van der Waals surface area contributed by atoms with Crippen molar-refractivity contribution in [2.75, 3.05) is 0 Å². The highest BCUT2D eigenvalue weighted by Gasteiger charge is 2.40. The maximum Gasteiger partial charge on any atom is 0.277 e. The number of aliphatic hydroxyl groups is 1. The van der Waals surface area contributed by atoms with Gasteiger partial charge in [0.1, 0.15) is 0 Å². The number of hydrogen-bond donors (Lipinski definition) is 1. The quantitative estimate of drug-likeness (QED) is 0.362. The summed E-state index contributed by atoms with van der Waals surface area (Å²) in [5.74, 6) is 0. The third kappa shape index (κ3) is 1.58. The molecule has 0 saturated heterocycles. The van der Waals surface area contributed by atoms with Gasteiger partial charge in [-0.05, 0) is 12.2 Å². The number of rotatable bonds is 1. The molecule has 11 heavy (non-hydrogen) atoms. The molecule has 0 aromatic carbocycles. The Bertz CT molecular complexity index is 234. The summed E-state index contributed by atoms with van der Waals surface area (Å²) in [5.41, 5.74) is 0. The van der Waals surface area contributed by atoms with Gasteiger partial charge >= 0.3 is 0 Å². The fourth-order valence-electron chi connectivity index (χ4n) is 0.812. The van der Waals surface area contributed by atoms with Crippen molar-refractivity contribution in [2.45, 2.75) is 11.1 Å². The zero-order valence-corrected chi connectivity index (χ0v) is 6.23. The van der Waals surface area contributed by atoms with Crippen LogP contribution in [0.4, 0.5) is 0 Å². The van der Waals surface area contributed by atoms with Gasteiger partial charge in [-0.2, -0.15) is 0 Å². The third-order valence-corrected chi connectivity index (χ3v) is 1.73. The molecule has 60 valence electrons. The van der Waals surface area contributed by atoms with Gasteiger partial charge in [0.15, 0.2) is 0 Å². The number of nitrogens with zero attached hydrogens (tertiary/aromatic N) is 1. The summed E-state index contributed by atoms with van der Waals surface area (Å²) in [6.07, 6.45) is 5.37. The highest BCUT2D eigenvalue weighted by Crippen LogP contribution is 2.24. The van der Waals surface area contributed by atoms with E-state index in [-0.39, 0.29) is 0 Å². The number of hydrogen-bond acceptors (Lipinski definition) is 3. The first kappa shape index (κ1) is 8.23. The lowest BCUT2D eigenvalue weighted by Crippen LogP contribution is -2.40. The molecule has 1 aliphatic carbocycles. The van der Waals surface area contributed by atoms with Crippen LogP contribution < -0.4 is 0 Å². The highest BCUT2D eigenvalue weighted by atomic mass is 35.5. The van der Waals surface area contributed by atoms with E-state index in [0.29, 0.717) is 0 Å². The van der Waals surface area contributed by atoms with Crippen LogP contribution in [-0.4, -0.2) is 21.1 Å². The zero-order chi connectivity index (χ0) is 8.48. The van der Waals surface area contributed by atoms with Crippen molar-refractivity contribution in [3.8, 4) is 0 Å². The highest BCUT2D eigenvalue weighted by molar-refractivity contribution is 6.24. The molecule has 2 atom stereocenters. The van der Waals surface area contributed by atoms with Crippen molar-refractivity contribution in [2.24, 2.45) is 0 Å². The molecular formula is C6H6ClNO3. The molecule has 0 radical (unpaired) electrons. The lowest BCUT2D eigenvalue weighted by atomic mass is 10.1. The summed E-state index contributed by atoms with van der Waals surface area (Å²) in [6.45, 7) is 0. The van der Waals surface area contributed by atoms with Crippen molar-refractivity contribution < 1.29 is 10.0 Å². The van der Waals surface area contributed by atoms with E-state index < -0.39 is 16.0 Å². The van der Waals surface area contributed by atoms with Crippen molar-refractivity contribution in [3.63, 3.8) is 0 Å². The molecule has 2 unspecified atom stereocenters. The molecule has 4 nitrogen and oxygen atoms in total. The summed E-state index contributed by atoms with van der Waals surface area (Å²) >= 11 is 5.41. The molecule has 0 aromatic rings. The number of halogens is 1. The average molecular weight is 176 g/mol. The van der Waals surface area contributed by atoms with Crippen LogP contribution in [0.25, 0.3) is 0 Å². The van der Waals surface area contributed by atoms with E-state index in [0.717, 1.165) is 0 Å². The van der Waals surface area contributed by atoms with Gasteiger partial charge in [0.25, 0.3) is 6.04 Å². The van der Waals surface area contributed by atoms with Crippen LogP contribution in [0.15, 0.2) is 24.3 Å². The lowest BCUT2D eigenvalue weighted by Gasteiger charge is -2.19. The van der Waals surface area contributed by atoms with Crippen LogP contribution >= 0.6 is 11.6 Å². The maximum absolute atomic E-state index is 10.2. The SMILES string of the molecule is O=[N+]([O-])C1C=CC=CC1(O)Cl. The minimum atomic E-state index is -1.88. The first-order chi connectivity index (χ1) is 5.04. The predicted molar refractivity (Wildman–Crippen MR) is 39.9 cm³/mol. The number of nitro groups is 1. The predicted octanol–water partition coefficient (Wildman–Crippen LogP) is 0.685. The minimum Gasteiger partial charge on any atom is -0.366 e. The number of allylic oxidation sites excluding steroid dienone is 2. The maximum atomic E-state index is 10.2. The first-order valence-electron chi connectivity index (χ1n) is 2.95. The van der Waals surface area contributed by atoms with Gasteiger partial charge in [-0.15, -0.1) is 0 Å². The van der Waals surface area contributed by atoms with Gasteiger partial charge < -0.3 is 5.11 Å². The zero-order valence-electron chi connectivity index (χ0n) is 5.48. The van der Waals surface area contributed by atoms with Gasteiger partial charge in [-0.3, -0.25) is 10.1 Å². The van der Waals surface area contributed by atoms with Crippen LogP contribution in [0.1, 0.15) is 0 Å². The minimum absolute atomic E-state index is 0.632. The van der Waals surface area contributed by atoms with Gasteiger partial charge in [-0.1, -0.05) is 23.8 Å². The van der Waals surface area contributed by atoms with Crippen molar-refractivity contribution in [1.82, 2.24) is 0 Å². The average Bonchev–Trinajstić information content (AvgIpc) is 1.85. The second-order valence-corrected chi connectivity index (χ2v) is 2.81. The van der Waals surface area contributed by atoms with Crippen LogP contribution in [0.3, 0.4) is 0 Å². The Morgan fingerprint density at radius 1 is 1.64 bits per heavy atom. The van der Waals surface area contributed by atoms with E-state index in [2.05, 4.69) is 0 Å². The second kappa shape index (κ2) is 2.64. The summed E-state index contributed by atoms with van der Waals surface area (Å²) in [5, 5.41) is 17.6. The van der Waals surface area contributed by atoms with Gasteiger partial charge in [0, 0.05) is 4.92 Å². The molecule has 0 fully saturated rings. The Hall–Kier alpha value is -0.870. The van der Waals surface area contributed by atoms with Crippen molar-refractivity contribution in [3.05, 3.63) is 34.4 Å². The van der Waals surface area contributed by atoms with E-state index in [1.165, 1.54) is 24.3 Å². The molecule has 0 heterocycles. The number of alkyl halides is 1. The van der Waals surface area contributed by atoms with E-state index in [1.807, 2.05) is 0 Å². The molecule has 1 aliphatic rings. The van der Waals surface area contributed by atoms with Gasteiger partial charge in [0.05, 0.1) is 0 Å². The van der Waals surface area contributed by atoms with E-state index in [1.54, 1.807) is 0 Å². The molecule has 0 saturated carbocycles. The fourth-order valence-corrected chi connectivity index (χ4v) is 1.04. The normalized spacial score (nSPS) is 35.6. The topological polar surface area (TPSA) is 63.4 Å². The Labute approximate surface area is 67.9 Å². The molecule has 0 spiro atoms. The Morgan fingerprint density at radius 2 is 2.27 bits per heavy atom. The Kier molecular flexibility index (Phi) is 1.97. The monoisotopic (exact) mass is 175 g/mol. The summed E-state index contributed by atoms with van der Waals surface area (Å²) < 4.78 is 0. The molecule has 0 amide bonds. The summed E-state index contributed by atoms with van der Waals surface area (Å²) in [4.78, 5) is 9.61. The smallest absolute Gasteiger partial charge is 0.277 e. The standard InChI is InChI=1S/C6H6ClNO3/c7-6(9)4-2-1-3-5(6)8(10)11/h1-5,9H. The molecule has 0 aliphatic heterocycles. The van der Waals surface area contributed by atoms with Crippen LogP contribution in [0.5, 0.6) is 0 Å². The van der Waals surface area contributed by atoms with E-state index in [4.69, 9.17) is 11.6 Å². The molecule has 1 N–H and O–H groups in total.